The first kappa shape index (κ1) is 12.0. The van der Waals surface area contributed by atoms with Crippen LogP contribution in [0, 0.1) is 0 Å². The van der Waals surface area contributed by atoms with Gasteiger partial charge in [0.15, 0.2) is 0 Å². The first-order chi connectivity index (χ1) is 9.81. The Morgan fingerprint density at radius 1 is 1.15 bits per heavy atom. The molecule has 0 fully saturated rings. The molecule has 3 aromatic rings. The monoisotopic (exact) mass is 268 g/mol. The molecule has 100 valence electrons. The van der Waals surface area contributed by atoms with E-state index >= 15 is 0 Å². The van der Waals surface area contributed by atoms with Crippen LogP contribution in [0.25, 0.3) is 5.95 Å². The van der Waals surface area contributed by atoms with E-state index in [4.69, 9.17) is 5.73 Å². The summed E-state index contributed by atoms with van der Waals surface area (Å²) in [4.78, 5) is 20.4. The van der Waals surface area contributed by atoms with Crippen molar-refractivity contribution in [1.82, 2.24) is 29.5 Å². The quantitative estimate of drug-likeness (QED) is 0.715. The maximum atomic E-state index is 5.69. The van der Waals surface area contributed by atoms with Crippen molar-refractivity contribution in [1.29, 1.82) is 0 Å². The molecule has 3 aromatic heterocycles. The second-order valence-corrected chi connectivity index (χ2v) is 4.00. The Morgan fingerprint density at radius 2 is 2.10 bits per heavy atom. The summed E-state index contributed by atoms with van der Waals surface area (Å²) in [5.41, 5.74) is 6.71. The summed E-state index contributed by atoms with van der Waals surface area (Å²) >= 11 is 0. The molecule has 0 saturated carbocycles. The summed E-state index contributed by atoms with van der Waals surface area (Å²) in [6.45, 7) is 0.556. The molecule has 0 aliphatic rings. The first-order valence-electron chi connectivity index (χ1n) is 5.94. The van der Waals surface area contributed by atoms with Gasteiger partial charge in [-0.2, -0.15) is 15.0 Å². The zero-order valence-corrected chi connectivity index (χ0v) is 10.5. The normalized spacial score (nSPS) is 10.4. The number of rotatable bonds is 4. The first-order valence-corrected chi connectivity index (χ1v) is 5.94. The minimum Gasteiger partial charge on any atom is -0.368 e. The van der Waals surface area contributed by atoms with E-state index in [1.54, 1.807) is 35.7 Å². The predicted molar refractivity (Wildman–Crippen MR) is 72.9 cm³/mol. The molecule has 3 heterocycles. The van der Waals surface area contributed by atoms with Gasteiger partial charge in [-0.1, -0.05) is 6.07 Å². The molecule has 0 unspecified atom stereocenters. The van der Waals surface area contributed by atoms with E-state index in [1.807, 2.05) is 12.1 Å². The third-order valence-electron chi connectivity index (χ3n) is 2.55. The van der Waals surface area contributed by atoms with Crippen LogP contribution >= 0.6 is 0 Å². The van der Waals surface area contributed by atoms with Crippen LogP contribution in [-0.2, 0) is 6.54 Å². The Labute approximate surface area is 114 Å². The van der Waals surface area contributed by atoms with Crippen LogP contribution in [0.1, 0.15) is 5.56 Å². The van der Waals surface area contributed by atoms with E-state index in [1.165, 1.54) is 0 Å². The maximum absolute atomic E-state index is 5.69. The van der Waals surface area contributed by atoms with Crippen LogP contribution in [-0.4, -0.2) is 29.5 Å². The molecule has 0 bridgehead atoms. The van der Waals surface area contributed by atoms with E-state index in [2.05, 4.69) is 30.2 Å². The number of nitrogens with one attached hydrogen (secondary N) is 1. The van der Waals surface area contributed by atoms with Gasteiger partial charge in [-0.3, -0.25) is 9.55 Å². The second-order valence-electron chi connectivity index (χ2n) is 4.00. The number of nitrogen functional groups attached to an aromatic ring is 1. The molecule has 3 rings (SSSR count). The molecule has 0 aromatic carbocycles. The highest BCUT2D eigenvalue weighted by atomic mass is 15.3. The van der Waals surface area contributed by atoms with Gasteiger partial charge in [-0.05, 0) is 11.6 Å². The number of pyridine rings is 1. The fourth-order valence-electron chi connectivity index (χ4n) is 1.64. The predicted octanol–water partition coefficient (Wildman–Crippen LogP) is 0.647. The number of hydrogen-bond donors (Lipinski definition) is 2. The van der Waals surface area contributed by atoms with Gasteiger partial charge in [-0.25, -0.2) is 4.98 Å². The third kappa shape index (κ3) is 2.69. The number of nitrogens with zero attached hydrogens (tertiary/aromatic N) is 6. The van der Waals surface area contributed by atoms with Crippen LogP contribution in [0.3, 0.4) is 0 Å². The van der Waals surface area contributed by atoms with Gasteiger partial charge in [0.1, 0.15) is 6.33 Å². The van der Waals surface area contributed by atoms with Crippen LogP contribution in [0.15, 0.2) is 43.2 Å². The molecule has 0 spiro atoms. The minimum atomic E-state index is 0.150. The lowest BCUT2D eigenvalue weighted by molar-refractivity contribution is 0.895. The van der Waals surface area contributed by atoms with E-state index in [0.29, 0.717) is 18.4 Å². The fourth-order valence-corrected chi connectivity index (χ4v) is 1.64. The van der Waals surface area contributed by atoms with Crippen molar-refractivity contribution in [2.45, 2.75) is 6.54 Å². The summed E-state index contributed by atoms with van der Waals surface area (Å²) in [7, 11) is 0. The Balaban J connectivity index is 1.80. The lowest BCUT2D eigenvalue weighted by Crippen LogP contribution is -2.10. The van der Waals surface area contributed by atoms with E-state index < -0.39 is 0 Å². The van der Waals surface area contributed by atoms with Crippen LogP contribution in [0.2, 0.25) is 0 Å². The smallest absolute Gasteiger partial charge is 0.241 e. The van der Waals surface area contributed by atoms with Crippen molar-refractivity contribution in [2.75, 3.05) is 11.1 Å². The van der Waals surface area contributed by atoms with Crippen molar-refractivity contribution in [3.8, 4) is 5.95 Å². The second kappa shape index (κ2) is 5.31. The number of hydrogen-bond acceptors (Lipinski definition) is 7. The average molecular weight is 268 g/mol. The standard InChI is InChI=1S/C12H12N8/c13-10-17-11(16-7-9-2-1-3-14-6-9)19-12(18-10)20-5-4-15-8-20/h1-6,8H,7H2,(H3,13,16,17,18,19). The van der Waals surface area contributed by atoms with Crippen LogP contribution in [0.5, 0.6) is 0 Å². The van der Waals surface area contributed by atoms with Crippen LogP contribution in [0.4, 0.5) is 11.9 Å². The number of imidazole rings is 1. The largest absolute Gasteiger partial charge is 0.368 e. The van der Waals surface area contributed by atoms with Gasteiger partial charge in [0, 0.05) is 31.3 Å². The topological polar surface area (TPSA) is 107 Å². The van der Waals surface area contributed by atoms with Crippen molar-refractivity contribution < 1.29 is 0 Å². The van der Waals surface area contributed by atoms with E-state index in [-0.39, 0.29) is 5.95 Å². The van der Waals surface area contributed by atoms with Crippen molar-refractivity contribution >= 4 is 11.9 Å². The Hall–Kier alpha value is -3.03. The van der Waals surface area contributed by atoms with Gasteiger partial charge in [-0.15, -0.1) is 0 Å². The molecule has 0 amide bonds. The lowest BCUT2D eigenvalue weighted by Gasteiger charge is -2.07. The lowest BCUT2D eigenvalue weighted by atomic mass is 10.3. The zero-order valence-electron chi connectivity index (χ0n) is 10.5. The number of anilines is 2. The molecule has 20 heavy (non-hydrogen) atoms. The Morgan fingerprint density at radius 3 is 2.85 bits per heavy atom. The van der Waals surface area contributed by atoms with Crippen molar-refractivity contribution in [3.05, 3.63) is 48.8 Å². The average Bonchev–Trinajstić information content (AvgIpc) is 3.00. The summed E-state index contributed by atoms with van der Waals surface area (Å²) < 4.78 is 1.66. The molecule has 0 atom stereocenters. The maximum Gasteiger partial charge on any atom is 0.241 e. The number of aromatic nitrogens is 6. The molecule has 3 N–H and O–H groups in total. The molecule has 0 radical (unpaired) electrons. The molecule has 0 aliphatic heterocycles. The van der Waals surface area contributed by atoms with E-state index in [9.17, 15) is 0 Å². The Kier molecular flexibility index (Phi) is 3.19. The molecule has 0 aliphatic carbocycles. The molecular weight excluding hydrogens is 256 g/mol. The summed E-state index contributed by atoms with van der Waals surface area (Å²) in [5.74, 6) is 0.978. The van der Waals surface area contributed by atoms with Gasteiger partial charge < -0.3 is 11.1 Å². The van der Waals surface area contributed by atoms with E-state index in [0.717, 1.165) is 5.56 Å². The SMILES string of the molecule is Nc1nc(NCc2cccnc2)nc(-n2ccnc2)n1. The Bertz CT molecular complexity index is 680. The highest BCUT2D eigenvalue weighted by Crippen LogP contribution is 2.08. The molecule has 0 saturated heterocycles. The van der Waals surface area contributed by atoms with Crippen LogP contribution < -0.4 is 11.1 Å². The molecular formula is C12H12N8. The van der Waals surface area contributed by atoms with Gasteiger partial charge in [0.2, 0.25) is 17.8 Å². The van der Waals surface area contributed by atoms with Gasteiger partial charge in [0.05, 0.1) is 0 Å². The molecule has 8 nitrogen and oxygen atoms in total. The summed E-state index contributed by atoms with van der Waals surface area (Å²) in [6.07, 6.45) is 8.47. The fraction of sp³-hybridized carbons (Fsp3) is 0.0833. The summed E-state index contributed by atoms with van der Waals surface area (Å²) in [5, 5.41) is 3.09. The third-order valence-corrected chi connectivity index (χ3v) is 2.55. The number of nitrogens with two attached hydrogens (primary N) is 1. The van der Waals surface area contributed by atoms with Crippen molar-refractivity contribution in [3.63, 3.8) is 0 Å². The highest BCUT2D eigenvalue weighted by molar-refractivity contribution is 5.35. The van der Waals surface area contributed by atoms with Gasteiger partial charge >= 0.3 is 0 Å². The van der Waals surface area contributed by atoms with Crippen molar-refractivity contribution in [2.24, 2.45) is 0 Å². The zero-order chi connectivity index (χ0) is 13.8. The summed E-state index contributed by atoms with van der Waals surface area (Å²) in [6, 6.07) is 3.83. The highest BCUT2D eigenvalue weighted by Gasteiger charge is 2.05. The molecule has 8 heteroatoms. The minimum absolute atomic E-state index is 0.150. The van der Waals surface area contributed by atoms with Gasteiger partial charge in [0.25, 0.3) is 0 Å².